The zero-order chi connectivity index (χ0) is 25.4. The van der Waals surface area contributed by atoms with Crippen LogP contribution < -0.4 is 21.1 Å². The van der Waals surface area contributed by atoms with Crippen molar-refractivity contribution in [2.75, 3.05) is 30.8 Å². The second kappa shape index (κ2) is 10.3. The van der Waals surface area contributed by atoms with Gasteiger partial charge in [0.2, 0.25) is 11.9 Å². The highest BCUT2D eigenvalue weighted by Gasteiger charge is 2.47. The average molecular weight is 519 g/mol. The molecule has 1 amide bonds. The number of nitrogens with zero attached hydrogens (tertiary/aromatic N) is 3. The van der Waals surface area contributed by atoms with Crippen LogP contribution in [0.15, 0.2) is 47.9 Å². The first-order chi connectivity index (χ1) is 18.0. The van der Waals surface area contributed by atoms with Gasteiger partial charge in [-0.3, -0.25) is 4.79 Å². The molecule has 2 aromatic heterocycles. The fraction of sp³-hybridized carbons (Fsp3) is 0.464. The second-order valence-electron chi connectivity index (χ2n) is 10.5. The summed E-state index contributed by atoms with van der Waals surface area (Å²) in [5, 5.41) is 8.91. The van der Waals surface area contributed by atoms with Crippen molar-refractivity contribution < 1.29 is 9.53 Å². The van der Waals surface area contributed by atoms with Gasteiger partial charge >= 0.3 is 0 Å². The minimum Gasteiger partial charge on any atom is -0.492 e. The predicted molar refractivity (Wildman–Crippen MR) is 148 cm³/mol. The van der Waals surface area contributed by atoms with Crippen molar-refractivity contribution in [3.63, 3.8) is 0 Å². The molecule has 0 radical (unpaired) electrons. The Balaban J connectivity index is 1.12. The van der Waals surface area contributed by atoms with Gasteiger partial charge in [-0.05, 0) is 73.9 Å². The third-order valence-corrected chi connectivity index (χ3v) is 9.08. The van der Waals surface area contributed by atoms with E-state index in [0.717, 1.165) is 40.4 Å². The molecule has 2 heterocycles. The van der Waals surface area contributed by atoms with Gasteiger partial charge in [0.25, 0.3) is 0 Å². The normalized spacial score (nSPS) is 24.8. The molecular weight excluding hydrogens is 484 g/mol. The number of nitrogens with one attached hydrogen (secondary N) is 2. The van der Waals surface area contributed by atoms with Gasteiger partial charge in [-0.2, -0.15) is 4.98 Å². The van der Waals surface area contributed by atoms with E-state index < -0.39 is 0 Å². The first-order valence-electron chi connectivity index (χ1n) is 13.2. The Labute approximate surface area is 221 Å². The molecule has 9 heteroatoms. The quantitative estimate of drug-likeness (QED) is 0.332. The first kappa shape index (κ1) is 24.2. The monoisotopic (exact) mass is 518 g/mol. The lowest BCUT2D eigenvalue weighted by molar-refractivity contribution is -0.122. The summed E-state index contributed by atoms with van der Waals surface area (Å²) in [6.45, 7) is 1.61. The van der Waals surface area contributed by atoms with Gasteiger partial charge in [0.1, 0.15) is 18.2 Å². The van der Waals surface area contributed by atoms with Crippen molar-refractivity contribution in [2.24, 2.45) is 23.5 Å². The van der Waals surface area contributed by atoms with E-state index in [1.54, 1.807) is 11.3 Å². The number of benzene rings is 1. The Kier molecular flexibility index (Phi) is 6.73. The standard InChI is InChI=1S/C28H34N6O2S/c1-34(20-4-2-3-5-20)13-14-36-21-10-8-19(9-11-21)30-28-31-22-12-15-37-25(22)27(33-28)32-24-18-7-6-17(16-18)23(24)26(29)35/h6-12,15,17-18,20,23-24H,2-5,13-14,16H2,1H3,(H2,29,35)(H2,30,31,32,33)/t17?,18?,23-,24+/m0/s1. The highest BCUT2D eigenvalue weighted by molar-refractivity contribution is 7.17. The number of fused-ring (bicyclic) bond motifs is 3. The number of aromatic nitrogens is 2. The van der Waals surface area contributed by atoms with Gasteiger partial charge in [-0.25, -0.2) is 4.98 Å². The molecule has 194 valence electrons. The molecule has 3 aliphatic rings. The number of allylic oxidation sites excluding steroid dienone is 1. The van der Waals surface area contributed by atoms with Gasteiger partial charge in [-0.15, -0.1) is 11.3 Å². The third kappa shape index (κ3) is 5.02. The molecule has 0 spiro atoms. The van der Waals surface area contributed by atoms with E-state index in [2.05, 4.69) is 34.7 Å². The van der Waals surface area contributed by atoms with Crippen LogP contribution in [0, 0.1) is 17.8 Å². The lowest BCUT2D eigenvalue weighted by Gasteiger charge is -2.27. The Morgan fingerprint density at radius 2 is 1.92 bits per heavy atom. The van der Waals surface area contributed by atoms with Crippen molar-refractivity contribution in [1.82, 2.24) is 14.9 Å². The molecule has 3 aromatic rings. The Morgan fingerprint density at radius 1 is 1.14 bits per heavy atom. The number of carbonyl (C=O) groups excluding carboxylic acids is 1. The number of hydrogen-bond acceptors (Lipinski definition) is 8. The largest absolute Gasteiger partial charge is 0.492 e. The Morgan fingerprint density at radius 3 is 2.70 bits per heavy atom. The topological polar surface area (TPSA) is 105 Å². The van der Waals surface area contributed by atoms with Crippen LogP contribution in [-0.4, -0.2) is 53.1 Å². The van der Waals surface area contributed by atoms with Gasteiger partial charge in [0, 0.05) is 24.3 Å². The lowest BCUT2D eigenvalue weighted by Crippen LogP contribution is -2.41. The summed E-state index contributed by atoms with van der Waals surface area (Å²) in [5.74, 6) is 2.12. The minimum absolute atomic E-state index is 0.0512. The molecule has 8 nitrogen and oxygen atoms in total. The highest BCUT2D eigenvalue weighted by atomic mass is 32.1. The SMILES string of the molecule is CN(CCOc1ccc(Nc2nc(N[C@@H]3C4C=CC(C4)[C@@H]3C(N)=O)c3sccc3n2)cc1)C1CCCC1. The number of amides is 1. The molecular formula is C28H34N6O2S. The summed E-state index contributed by atoms with van der Waals surface area (Å²) in [7, 11) is 2.20. The highest BCUT2D eigenvalue weighted by Crippen LogP contribution is 2.45. The maximum absolute atomic E-state index is 12.2. The molecule has 4 N–H and O–H groups in total. The van der Waals surface area contributed by atoms with Crippen LogP contribution in [-0.2, 0) is 4.79 Å². The summed E-state index contributed by atoms with van der Waals surface area (Å²) < 4.78 is 6.96. The smallest absolute Gasteiger partial charge is 0.229 e. The molecule has 2 fully saturated rings. The number of anilines is 3. The van der Waals surface area contributed by atoms with Crippen LogP contribution in [0.1, 0.15) is 32.1 Å². The zero-order valence-electron chi connectivity index (χ0n) is 21.1. The van der Waals surface area contributed by atoms with E-state index in [4.69, 9.17) is 20.4 Å². The van der Waals surface area contributed by atoms with Crippen molar-refractivity contribution >= 4 is 44.9 Å². The second-order valence-corrected chi connectivity index (χ2v) is 11.4. The van der Waals surface area contributed by atoms with Crippen LogP contribution in [0.25, 0.3) is 10.2 Å². The summed E-state index contributed by atoms with van der Waals surface area (Å²) in [5.41, 5.74) is 7.52. The molecule has 6 rings (SSSR count). The van der Waals surface area contributed by atoms with Crippen LogP contribution in [0.5, 0.6) is 5.75 Å². The number of hydrogen-bond donors (Lipinski definition) is 3. The third-order valence-electron chi connectivity index (χ3n) is 8.17. The van der Waals surface area contributed by atoms with Crippen molar-refractivity contribution in [1.29, 1.82) is 0 Å². The van der Waals surface area contributed by atoms with E-state index in [1.165, 1.54) is 25.7 Å². The molecule has 37 heavy (non-hydrogen) atoms. The average Bonchev–Trinajstić information content (AvgIpc) is 3.70. The number of ether oxygens (including phenoxy) is 1. The number of thiophene rings is 1. The fourth-order valence-corrected chi connectivity index (χ4v) is 6.96. The minimum atomic E-state index is -0.253. The van der Waals surface area contributed by atoms with Crippen LogP contribution >= 0.6 is 11.3 Å². The number of carbonyl (C=O) groups is 1. The lowest BCUT2D eigenvalue weighted by atomic mass is 9.88. The zero-order valence-corrected chi connectivity index (χ0v) is 21.9. The van der Waals surface area contributed by atoms with E-state index in [0.29, 0.717) is 18.6 Å². The van der Waals surface area contributed by atoms with Gasteiger partial charge in [0.15, 0.2) is 0 Å². The van der Waals surface area contributed by atoms with Crippen LogP contribution in [0.2, 0.25) is 0 Å². The number of primary amides is 1. The first-order valence-corrected chi connectivity index (χ1v) is 14.1. The number of nitrogens with two attached hydrogens (primary N) is 1. The van der Waals surface area contributed by atoms with E-state index in [-0.39, 0.29) is 29.7 Å². The van der Waals surface area contributed by atoms with E-state index >= 15 is 0 Å². The fourth-order valence-electron chi connectivity index (χ4n) is 6.18. The summed E-state index contributed by atoms with van der Waals surface area (Å²) in [6, 6.07) is 10.5. The Bertz CT molecular complexity index is 1290. The molecule has 1 aromatic carbocycles. The molecule has 2 saturated carbocycles. The predicted octanol–water partition coefficient (Wildman–Crippen LogP) is 4.78. The van der Waals surface area contributed by atoms with Gasteiger partial charge in [0.05, 0.1) is 16.1 Å². The van der Waals surface area contributed by atoms with Crippen LogP contribution in [0.3, 0.4) is 0 Å². The van der Waals surface area contributed by atoms with Gasteiger partial charge in [-0.1, -0.05) is 25.0 Å². The summed E-state index contributed by atoms with van der Waals surface area (Å²) >= 11 is 1.59. The molecule has 3 aliphatic carbocycles. The Hall–Kier alpha value is -3.17. The molecule has 4 atom stereocenters. The van der Waals surface area contributed by atoms with Gasteiger partial charge < -0.3 is 26.0 Å². The van der Waals surface area contributed by atoms with E-state index in [9.17, 15) is 4.79 Å². The maximum Gasteiger partial charge on any atom is 0.229 e. The van der Waals surface area contributed by atoms with Crippen molar-refractivity contribution in [3.8, 4) is 5.75 Å². The molecule has 0 saturated heterocycles. The van der Waals surface area contributed by atoms with Crippen molar-refractivity contribution in [3.05, 3.63) is 47.9 Å². The van der Waals surface area contributed by atoms with Crippen molar-refractivity contribution in [2.45, 2.75) is 44.2 Å². The van der Waals surface area contributed by atoms with E-state index in [1.807, 2.05) is 35.7 Å². The molecule has 2 unspecified atom stereocenters. The van der Waals surface area contributed by atoms with Crippen LogP contribution in [0.4, 0.5) is 17.5 Å². The number of likely N-dealkylation sites (N-methyl/N-ethyl adjacent to an activating group) is 1. The molecule has 0 aliphatic heterocycles. The summed E-state index contributed by atoms with van der Waals surface area (Å²) in [6.07, 6.45) is 10.6. The molecule has 2 bridgehead atoms. The number of rotatable bonds is 10. The summed E-state index contributed by atoms with van der Waals surface area (Å²) in [4.78, 5) is 24.1. The maximum atomic E-state index is 12.2.